The van der Waals surface area contributed by atoms with E-state index >= 15 is 0 Å². The monoisotopic (exact) mass is 422 g/mol. The van der Waals surface area contributed by atoms with Crippen LogP contribution in [0, 0.1) is 5.92 Å². The second-order valence-electron chi connectivity index (χ2n) is 6.27. The molecule has 1 aromatic carbocycles. The van der Waals surface area contributed by atoms with Crippen molar-refractivity contribution in [1.82, 2.24) is 9.21 Å². The molecule has 0 bridgehead atoms. The number of benzene rings is 1. The van der Waals surface area contributed by atoms with E-state index in [2.05, 4.69) is 0 Å². The number of nitrogens with zero attached hydrogens (tertiary/aromatic N) is 2. The van der Waals surface area contributed by atoms with Gasteiger partial charge in [-0.05, 0) is 24.1 Å². The molecule has 0 spiro atoms. The van der Waals surface area contributed by atoms with E-state index in [-0.39, 0.29) is 65.8 Å². The van der Waals surface area contributed by atoms with E-state index in [0.29, 0.717) is 0 Å². The molecular formula is C16H20Cl2N2O5S. The molecule has 0 aliphatic carbocycles. The molecule has 1 aliphatic rings. The number of amides is 1. The van der Waals surface area contributed by atoms with Crippen LogP contribution in [0.25, 0.3) is 0 Å². The van der Waals surface area contributed by atoms with Crippen LogP contribution in [0.3, 0.4) is 0 Å². The van der Waals surface area contributed by atoms with Crippen molar-refractivity contribution in [3.63, 3.8) is 0 Å². The van der Waals surface area contributed by atoms with E-state index < -0.39 is 16.0 Å². The number of hydrogen-bond acceptors (Lipinski definition) is 4. The van der Waals surface area contributed by atoms with Crippen molar-refractivity contribution in [2.75, 3.05) is 26.2 Å². The maximum absolute atomic E-state index is 12.7. The van der Waals surface area contributed by atoms with Crippen LogP contribution in [0.5, 0.6) is 0 Å². The highest BCUT2D eigenvalue weighted by atomic mass is 35.5. The zero-order chi connectivity index (χ0) is 19.5. The fourth-order valence-corrected chi connectivity index (χ4v) is 4.95. The minimum atomic E-state index is -3.80. The summed E-state index contributed by atoms with van der Waals surface area (Å²) in [6, 6.07) is 4.25. The molecule has 1 aromatic rings. The van der Waals surface area contributed by atoms with Gasteiger partial charge in [-0.2, -0.15) is 4.31 Å². The number of sulfonamides is 1. The van der Waals surface area contributed by atoms with E-state index in [1.54, 1.807) is 11.8 Å². The standard InChI is InChI=1S/C16H20Cl2N2O5S/c1-11(9-16(22)23)8-15(21)19-4-6-20(7-5-19)26(24,25)14-10-12(17)2-3-13(14)18/h2-3,10-11H,4-9H2,1H3,(H,22,23). The molecule has 2 rings (SSSR count). The first-order valence-corrected chi connectivity index (χ1v) is 10.3. The number of piperazine rings is 1. The zero-order valence-corrected chi connectivity index (χ0v) is 16.5. The molecule has 1 fully saturated rings. The number of carboxylic acids is 1. The van der Waals surface area contributed by atoms with Gasteiger partial charge in [0.1, 0.15) is 4.90 Å². The maximum Gasteiger partial charge on any atom is 0.303 e. The normalized spacial score (nSPS) is 17.1. The second kappa shape index (κ2) is 8.56. The summed E-state index contributed by atoms with van der Waals surface area (Å²) in [5.41, 5.74) is 0. The average Bonchev–Trinajstić information content (AvgIpc) is 2.56. The van der Waals surface area contributed by atoms with Crippen molar-refractivity contribution in [1.29, 1.82) is 0 Å². The lowest BCUT2D eigenvalue weighted by atomic mass is 10.0. The van der Waals surface area contributed by atoms with Crippen molar-refractivity contribution < 1.29 is 23.1 Å². The van der Waals surface area contributed by atoms with Gasteiger partial charge in [-0.3, -0.25) is 9.59 Å². The molecule has 0 aromatic heterocycles. The van der Waals surface area contributed by atoms with Crippen LogP contribution >= 0.6 is 23.2 Å². The highest BCUT2D eigenvalue weighted by molar-refractivity contribution is 7.89. The number of halogens is 2. The van der Waals surface area contributed by atoms with Crippen LogP contribution in [0.15, 0.2) is 23.1 Å². The lowest BCUT2D eigenvalue weighted by Crippen LogP contribution is -2.50. The predicted molar refractivity (Wildman–Crippen MR) is 97.8 cm³/mol. The Hall–Kier alpha value is -1.35. The van der Waals surface area contributed by atoms with E-state index in [1.807, 2.05) is 0 Å². The quantitative estimate of drug-likeness (QED) is 0.758. The van der Waals surface area contributed by atoms with Gasteiger partial charge in [0.25, 0.3) is 0 Å². The Morgan fingerprint density at radius 3 is 2.35 bits per heavy atom. The second-order valence-corrected chi connectivity index (χ2v) is 9.02. The Bertz CT molecular complexity index is 792. The van der Waals surface area contributed by atoms with E-state index in [0.717, 1.165) is 0 Å². The van der Waals surface area contributed by atoms with Gasteiger partial charge in [0.15, 0.2) is 0 Å². The largest absolute Gasteiger partial charge is 0.481 e. The summed E-state index contributed by atoms with van der Waals surface area (Å²) in [6.07, 6.45) is 0.0481. The summed E-state index contributed by atoms with van der Waals surface area (Å²) in [5.74, 6) is -1.39. The molecule has 1 aliphatic heterocycles. The van der Waals surface area contributed by atoms with Gasteiger partial charge in [0.2, 0.25) is 15.9 Å². The Kier molecular flexibility index (Phi) is 6.90. The molecule has 0 saturated carbocycles. The first-order chi connectivity index (χ1) is 12.1. The SMILES string of the molecule is CC(CC(=O)O)CC(=O)N1CCN(S(=O)(=O)c2cc(Cl)ccc2Cl)CC1. The third-order valence-corrected chi connectivity index (χ3v) is 6.76. The molecule has 1 N–H and O–H groups in total. The summed E-state index contributed by atoms with van der Waals surface area (Å²) in [6.45, 7) is 2.48. The minimum absolute atomic E-state index is 0.0541. The topological polar surface area (TPSA) is 95.0 Å². The number of carbonyl (C=O) groups excluding carboxylic acids is 1. The van der Waals surface area contributed by atoms with Gasteiger partial charge < -0.3 is 10.0 Å². The predicted octanol–water partition coefficient (Wildman–Crippen LogP) is 2.33. The van der Waals surface area contributed by atoms with Crippen molar-refractivity contribution in [2.45, 2.75) is 24.7 Å². The number of aliphatic carboxylic acids is 1. The van der Waals surface area contributed by atoms with Crippen LogP contribution in [-0.2, 0) is 19.6 Å². The molecule has 1 saturated heterocycles. The number of rotatable bonds is 6. The molecule has 1 amide bonds. The molecule has 0 radical (unpaired) electrons. The van der Waals surface area contributed by atoms with Crippen molar-refractivity contribution >= 4 is 45.1 Å². The summed E-state index contributed by atoms with van der Waals surface area (Å²) >= 11 is 11.9. The first kappa shape index (κ1) is 21.0. The summed E-state index contributed by atoms with van der Waals surface area (Å²) < 4.78 is 26.8. The summed E-state index contributed by atoms with van der Waals surface area (Å²) in [4.78, 5) is 24.4. The van der Waals surface area contributed by atoms with E-state index in [4.69, 9.17) is 28.3 Å². The molecule has 26 heavy (non-hydrogen) atoms. The van der Waals surface area contributed by atoms with Gasteiger partial charge in [-0.15, -0.1) is 0 Å². The van der Waals surface area contributed by atoms with Crippen LogP contribution in [0.1, 0.15) is 19.8 Å². The summed E-state index contributed by atoms with van der Waals surface area (Å²) in [7, 11) is -3.80. The fourth-order valence-electron chi connectivity index (χ4n) is 2.79. The highest BCUT2D eigenvalue weighted by Crippen LogP contribution is 2.28. The van der Waals surface area contributed by atoms with Crippen LogP contribution < -0.4 is 0 Å². The van der Waals surface area contributed by atoms with Crippen LogP contribution in [0.4, 0.5) is 0 Å². The molecule has 1 unspecified atom stereocenters. The smallest absolute Gasteiger partial charge is 0.303 e. The van der Waals surface area contributed by atoms with Gasteiger partial charge in [0.05, 0.1) is 5.02 Å². The lowest BCUT2D eigenvalue weighted by Gasteiger charge is -2.34. The third-order valence-electron chi connectivity index (χ3n) is 4.15. The summed E-state index contributed by atoms with van der Waals surface area (Å²) in [5, 5.41) is 9.13. The molecule has 1 atom stereocenters. The molecule has 10 heteroatoms. The zero-order valence-electron chi connectivity index (χ0n) is 14.2. The highest BCUT2D eigenvalue weighted by Gasteiger charge is 2.32. The Balaban J connectivity index is 2.00. The molecule has 144 valence electrons. The first-order valence-electron chi connectivity index (χ1n) is 8.06. The van der Waals surface area contributed by atoms with Crippen LogP contribution in [-0.4, -0.2) is 60.8 Å². The molecule has 7 nitrogen and oxygen atoms in total. The number of carbonyl (C=O) groups is 2. The Labute approximate surface area is 162 Å². The molecular weight excluding hydrogens is 403 g/mol. The number of hydrogen-bond donors (Lipinski definition) is 1. The molecule has 1 heterocycles. The minimum Gasteiger partial charge on any atom is -0.481 e. The van der Waals surface area contributed by atoms with Crippen LogP contribution in [0.2, 0.25) is 10.0 Å². The Morgan fingerprint density at radius 2 is 1.77 bits per heavy atom. The fraction of sp³-hybridized carbons (Fsp3) is 0.500. The van der Waals surface area contributed by atoms with Gasteiger partial charge in [-0.25, -0.2) is 8.42 Å². The van der Waals surface area contributed by atoms with Gasteiger partial charge in [-0.1, -0.05) is 30.1 Å². The third kappa shape index (κ3) is 5.09. The maximum atomic E-state index is 12.7. The van der Waals surface area contributed by atoms with E-state index in [9.17, 15) is 18.0 Å². The Morgan fingerprint density at radius 1 is 1.15 bits per heavy atom. The van der Waals surface area contributed by atoms with Gasteiger partial charge >= 0.3 is 5.97 Å². The van der Waals surface area contributed by atoms with Crippen molar-refractivity contribution in [2.24, 2.45) is 5.92 Å². The van der Waals surface area contributed by atoms with Gasteiger partial charge in [0, 0.05) is 44.0 Å². The van der Waals surface area contributed by atoms with E-state index in [1.165, 1.54) is 22.5 Å². The average molecular weight is 423 g/mol. The van der Waals surface area contributed by atoms with Crippen molar-refractivity contribution in [3.8, 4) is 0 Å². The van der Waals surface area contributed by atoms with Crippen molar-refractivity contribution in [3.05, 3.63) is 28.2 Å². The number of carboxylic acid groups (broad SMARTS) is 1. The lowest BCUT2D eigenvalue weighted by molar-refractivity contribution is -0.138.